The summed E-state index contributed by atoms with van der Waals surface area (Å²) in [6.45, 7) is 3.17. The molecule has 0 spiro atoms. The summed E-state index contributed by atoms with van der Waals surface area (Å²) in [5.74, 6) is 0. The van der Waals surface area contributed by atoms with Gasteiger partial charge in [0.15, 0.2) is 0 Å². The lowest BCUT2D eigenvalue weighted by atomic mass is 10.0. The quantitative estimate of drug-likeness (QED) is 0.801. The highest BCUT2D eigenvalue weighted by Crippen LogP contribution is 2.17. The molecule has 0 aromatic heterocycles. The number of hydrogen-bond acceptors (Lipinski definition) is 1. The van der Waals surface area contributed by atoms with E-state index < -0.39 is 0 Å². The molecule has 15 heavy (non-hydrogen) atoms. The van der Waals surface area contributed by atoms with Crippen LogP contribution in [-0.2, 0) is 6.42 Å². The van der Waals surface area contributed by atoms with Gasteiger partial charge in [-0.1, -0.05) is 42.0 Å². The largest absolute Gasteiger partial charge is 0.319 e. The minimum Gasteiger partial charge on any atom is -0.319 e. The van der Waals surface area contributed by atoms with Gasteiger partial charge in [0.25, 0.3) is 0 Å². The zero-order valence-corrected chi connectivity index (χ0v) is 9.38. The topological polar surface area (TPSA) is 12.0 Å². The Labute approximate surface area is 91.1 Å². The Kier molecular flexibility index (Phi) is 3.02. The van der Waals surface area contributed by atoms with Crippen molar-refractivity contribution in [3.8, 4) is 0 Å². The fourth-order valence-electron chi connectivity index (χ4n) is 1.84. The first-order valence-electron chi connectivity index (χ1n) is 5.43. The molecule has 0 aliphatic rings. The van der Waals surface area contributed by atoms with Crippen molar-refractivity contribution in [1.82, 2.24) is 5.32 Å². The maximum absolute atomic E-state index is 3.17. The Morgan fingerprint density at radius 1 is 1.00 bits per heavy atom. The van der Waals surface area contributed by atoms with Gasteiger partial charge in [0, 0.05) is 0 Å². The van der Waals surface area contributed by atoms with Crippen molar-refractivity contribution >= 4 is 10.8 Å². The molecule has 2 rings (SSSR count). The summed E-state index contributed by atoms with van der Waals surface area (Å²) in [5, 5.41) is 5.85. The Morgan fingerprint density at radius 3 is 2.53 bits per heavy atom. The average molecular weight is 199 g/mol. The first-order valence-corrected chi connectivity index (χ1v) is 5.43. The summed E-state index contributed by atoms with van der Waals surface area (Å²) >= 11 is 0. The maximum atomic E-state index is 3.17. The van der Waals surface area contributed by atoms with Crippen LogP contribution in [0.15, 0.2) is 36.4 Å². The minimum absolute atomic E-state index is 1.04. The Balaban J connectivity index is 2.34. The molecule has 0 aliphatic heterocycles. The van der Waals surface area contributed by atoms with Crippen LogP contribution in [-0.4, -0.2) is 13.6 Å². The zero-order chi connectivity index (χ0) is 10.7. The molecule has 0 heterocycles. The van der Waals surface area contributed by atoms with Crippen LogP contribution in [0.1, 0.15) is 11.1 Å². The first kappa shape index (κ1) is 10.2. The fourth-order valence-corrected chi connectivity index (χ4v) is 1.84. The predicted molar refractivity (Wildman–Crippen MR) is 66.3 cm³/mol. The fraction of sp³-hybridized carbons (Fsp3) is 0.286. The van der Waals surface area contributed by atoms with E-state index >= 15 is 0 Å². The van der Waals surface area contributed by atoms with E-state index in [9.17, 15) is 0 Å². The van der Waals surface area contributed by atoms with Crippen LogP contribution in [0, 0.1) is 6.92 Å². The summed E-state index contributed by atoms with van der Waals surface area (Å²) in [6, 6.07) is 13.3. The van der Waals surface area contributed by atoms with Gasteiger partial charge in [-0.05, 0) is 43.3 Å². The van der Waals surface area contributed by atoms with Crippen LogP contribution < -0.4 is 5.32 Å². The van der Waals surface area contributed by atoms with E-state index in [-0.39, 0.29) is 0 Å². The van der Waals surface area contributed by atoms with Gasteiger partial charge in [0.1, 0.15) is 0 Å². The normalized spacial score (nSPS) is 10.8. The number of fused-ring (bicyclic) bond motifs is 1. The van der Waals surface area contributed by atoms with Crippen molar-refractivity contribution in [2.45, 2.75) is 13.3 Å². The summed E-state index contributed by atoms with van der Waals surface area (Å²) in [6.07, 6.45) is 1.10. The molecule has 1 nitrogen and oxygen atoms in total. The monoisotopic (exact) mass is 199 g/mol. The van der Waals surface area contributed by atoms with Crippen molar-refractivity contribution in [2.24, 2.45) is 0 Å². The number of likely N-dealkylation sites (N-methyl/N-ethyl adjacent to an activating group) is 1. The van der Waals surface area contributed by atoms with Gasteiger partial charge in [-0.3, -0.25) is 0 Å². The van der Waals surface area contributed by atoms with E-state index in [1.807, 2.05) is 7.05 Å². The van der Waals surface area contributed by atoms with Crippen LogP contribution in [0.3, 0.4) is 0 Å². The van der Waals surface area contributed by atoms with Gasteiger partial charge in [-0.2, -0.15) is 0 Å². The molecule has 0 radical (unpaired) electrons. The van der Waals surface area contributed by atoms with Gasteiger partial charge in [0.05, 0.1) is 0 Å². The number of rotatable bonds is 3. The standard InChI is InChI=1S/C14H17N/c1-11-3-5-14-10-12(7-8-15-2)4-6-13(14)9-11/h3-6,9-10,15H,7-8H2,1-2H3. The minimum atomic E-state index is 1.04. The van der Waals surface area contributed by atoms with Crippen LogP contribution in [0.2, 0.25) is 0 Å². The molecule has 1 heteroatoms. The van der Waals surface area contributed by atoms with E-state index in [1.165, 1.54) is 21.9 Å². The lowest BCUT2D eigenvalue weighted by Gasteiger charge is -2.04. The molecule has 0 amide bonds. The molecule has 0 atom stereocenters. The lowest BCUT2D eigenvalue weighted by molar-refractivity contribution is 0.792. The molecule has 0 saturated heterocycles. The third kappa shape index (κ3) is 2.37. The van der Waals surface area contributed by atoms with Gasteiger partial charge in [0.2, 0.25) is 0 Å². The van der Waals surface area contributed by atoms with E-state index in [2.05, 4.69) is 48.6 Å². The molecule has 1 N–H and O–H groups in total. The van der Waals surface area contributed by atoms with Crippen molar-refractivity contribution < 1.29 is 0 Å². The molecule has 0 fully saturated rings. The number of hydrogen-bond donors (Lipinski definition) is 1. The summed E-state index contributed by atoms with van der Waals surface area (Å²) in [7, 11) is 1.99. The smallest absolute Gasteiger partial charge is 0.00114 e. The molecule has 2 aromatic carbocycles. The van der Waals surface area contributed by atoms with Crippen LogP contribution >= 0.6 is 0 Å². The maximum Gasteiger partial charge on any atom is -0.00114 e. The Hall–Kier alpha value is -1.34. The number of nitrogens with one attached hydrogen (secondary N) is 1. The van der Waals surface area contributed by atoms with Crippen molar-refractivity contribution in [1.29, 1.82) is 0 Å². The molecule has 78 valence electrons. The van der Waals surface area contributed by atoms with Crippen molar-refractivity contribution in [3.05, 3.63) is 47.5 Å². The molecule has 0 aliphatic carbocycles. The van der Waals surface area contributed by atoms with Gasteiger partial charge < -0.3 is 5.32 Å². The zero-order valence-electron chi connectivity index (χ0n) is 9.38. The highest BCUT2D eigenvalue weighted by atomic mass is 14.8. The predicted octanol–water partition coefficient (Wildman–Crippen LogP) is 2.91. The van der Waals surface area contributed by atoms with Crippen LogP contribution in [0.5, 0.6) is 0 Å². The van der Waals surface area contributed by atoms with E-state index in [0.717, 1.165) is 13.0 Å². The third-order valence-corrected chi connectivity index (χ3v) is 2.72. The van der Waals surface area contributed by atoms with Gasteiger partial charge in [-0.25, -0.2) is 0 Å². The summed E-state index contributed by atoms with van der Waals surface area (Å²) in [4.78, 5) is 0. The van der Waals surface area contributed by atoms with E-state index in [0.29, 0.717) is 0 Å². The lowest BCUT2D eigenvalue weighted by Crippen LogP contribution is -2.10. The highest BCUT2D eigenvalue weighted by molar-refractivity contribution is 5.83. The molecule has 2 aromatic rings. The first-order chi connectivity index (χ1) is 7.29. The summed E-state index contributed by atoms with van der Waals surface area (Å²) < 4.78 is 0. The van der Waals surface area contributed by atoms with E-state index in [1.54, 1.807) is 0 Å². The average Bonchev–Trinajstić information content (AvgIpc) is 2.26. The van der Waals surface area contributed by atoms with Crippen molar-refractivity contribution in [3.63, 3.8) is 0 Å². The van der Waals surface area contributed by atoms with E-state index in [4.69, 9.17) is 0 Å². The molecular weight excluding hydrogens is 182 g/mol. The summed E-state index contributed by atoms with van der Waals surface area (Å²) in [5.41, 5.74) is 2.73. The molecule has 0 bridgehead atoms. The SMILES string of the molecule is CNCCc1ccc2cc(C)ccc2c1. The Morgan fingerprint density at radius 2 is 1.73 bits per heavy atom. The van der Waals surface area contributed by atoms with Gasteiger partial charge in [-0.15, -0.1) is 0 Å². The molecule has 0 unspecified atom stereocenters. The second kappa shape index (κ2) is 4.45. The second-order valence-corrected chi connectivity index (χ2v) is 4.04. The third-order valence-electron chi connectivity index (χ3n) is 2.72. The van der Waals surface area contributed by atoms with Crippen molar-refractivity contribution in [2.75, 3.05) is 13.6 Å². The number of benzene rings is 2. The Bertz CT molecular complexity index is 460. The highest BCUT2D eigenvalue weighted by Gasteiger charge is 1.96. The van der Waals surface area contributed by atoms with Crippen LogP contribution in [0.25, 0.3) is 10.8 Å². The number of aryl methyl sites for hydroxylation is 1. The molecular formula is C14H17N. The van der Waals surface area contributed by atoms with Crippen LogP contribution in [0.4, 0.5) is 0 Å². The molecule has 0 saturated carbocycles. The van der Waals surface area contributed by atoms with Gasteiger partial charge >= 0.3 is 0 Å². The second-order valence-electron chi connectivity index (χ2n) is 4.04.